The maximum absolute atomic E-state index is 12.5. The van der Waals surface area contributed by atoms with Crippen LogP contribution in [0.15, 0.2) is 23.3 Å². The first-order valence-corrected chi connectivity index (χ1v) is 8.98. The van der Waals surface area contributed by atoms with Gasteiger partial charge >= 0.3 is 0 Å². The zero-order valence-electron chi connectivity index (χ0n) is 14.6. The predicted octanol–water partition coefficient (Wildman–Crippen LogP) is 1.53. The minimum atomic E-state index is -0.178. The molecule has 0 aromatic carbocycles. The van der Waals surface area contributed by atoms with Gasteiger partial charge in [0, 0.05) is 30.9 Å². The minimum absolute atomic E-state index is 0.178. The normalized spacial score (nSPS) is 17.8. The van der Waals surface area contributed by atoms with E-state index in [2.05, 4.69) is 26.1 Å². The summed E-state index contributed by atoms with van der Waals surface area (Å²) in [6, 6.07) is 2.12. The Balaban J connectivity index is 1.55. The van der Waals surface area contributed by atoms with Crippen LogP contribution in [0.1, 0.15) is 30.0 Å². The van der Waals surface area contributed by atoms with Crippen molar-refractivity contribution in [1.82, 2.24) is 24.7 Å². The molecule has 3 aromatic rings. The maximum atomic E-state index is 12.5. The highest BCUT2D eigenvalue weighted by Crippen LogP contribution is 2.39. The summed E-state index contributed by atoms with van der Waals surface area (Å²) in [5.74, 6) is 1.16. The van der Waals surface area contributed by atoms with Crippen LogP contribution in [0.25, 0.3) is 16.7 Å². The Morgan fingerprint density at radius 1 is 1.27 bits per heavy atom. The molecule has 1 N–H and O–H groups in total. The van der Waals surface area contributed by atoms with Gasteiger partial charge in [0.15, 0.2) is 5.65 Å². The Labute approximate surface area is 149 Å². The molecule has 0 amide bonds. The number of morpholine rings is 1. The molecule has 0 atom stereocenters. The van der Waals surface area contributed by atoms with E-state index in [0.717, 1.165) is 16.9 Å². The van der Waals surface area contributed by atoms with E-state index in [0.29, 0.717) is 49.2 Å². The van der Waals surface area contributed by atoms with Gasteiger partial charge < -0.3 is 9.64 Å². The summed E-state index contributed by atoms with van der Waals surface area (Å²) in [7, 11) is 0. The summed E-state index contributed by atoms with van der Waals surface area (Å²) in [4.78, 5) is 26.5. The van der Waals surface area contributed by atoms with Crippen LogP contribution < -0.4 is 10.5 Å². The van der Waals surface area contributed by atoms with Gasteiger partial charge in [-0.15, -0.1) is 5.10 Å². The van der Waals surface area contributed by atoms with Crippen molar-refractivity contribution in [1.29, 1.82) is 0 Å². The van der Waals surface area contributed by atoms with E-state index < -0.39 is 0 Å². The second-order valence-electron chi connectivity index (χ2n) is 6.97. The zero-order valence-corrected chi connectivity index (χ0v) is 14.6. The van der Waals surface area contributed by atoms with E-state index in [-0.39, 0.29) is 5.56 Å². The van der Waals surface area contributed by atoms with Crippen molar-refractivity contribution in [2.24, 2.45) is 0 Å². The van der Waals surface area contributed by atoms with E-state index in [1.807, 2.05) is 18.0 Å². The van der Waals surface area contributed by atoms with Crippen molar-refractivity contribution < 1.29 is 4.74 Å². The standard InChI is InChI=1S/C18H20N6O2/c1-11-8-14(12-2-3-12)19-9-15(11)24-10-13-16(22-24)20-18(21-17(13)25)23-4-6-26-7-5-23/h8-10,12H,2-7H2,1H3,(H,20,21,22,25). The number of H-pyrrole nitrogens is 1. The Hall–Kier alpha value is -2.74. The maximum Gasteiger partial charge on any atom is 0.263 e. The number of aromatic amines is 1. The lowest BCUT2D eigenvalue weighted by atomic mass is 10.2. The number of nitrogens with zero attached hydrogens (tertiary/aromatic N) is 5. The largest absolute Gasteiger partial charge is 0.378 e. The van der Waals surface area contributed by atoms with Crippen LogP contribution in [-0.2, 0) is 4.74 Å². The fraction of sp³-hybridized carbons (Fsp3) is 0.444. The molecule has 3 aromatic heterocycles. The molecule has 5 rings (SSSR count). The summed E-state index contributed by atoms with van der Waals surface area (Å²) >= 11 is 0. The highest BCUT2D eigenvalue weighted by molar-refractivity contribution is 5.74. The van der Waals surface area contributed by atoms with E-state index in [1.165, 1.54) is 12.8 Å². The smallest absolute Gasteiger partial charge is 0.263 e. The molecule has 1 saturated carbocycles. The summed E-state index contributed by atoms with van der Waals surface area (Å²) < 4.78 is 7.06. The first-order chi connectivity index (χ1) is 12.7. The molecular weight excluding hydrogens is 332 g/mol. The second kappa shape index (κ2) is 5.91. The molecule has 4 heterocycles. The molecule has 8 heteroatoms. The Morgan fingerprint density at radius 3 is 2.81 bits per heavy atom. The van der Waals surface area contributed by atoms with Crippen LogP contribution in [-0.4, -0.2) is 51.0 Å². The Kier molecular flexibility index (Phi) is 3.53. The number of rotatable bonds is 3. The number of pyridine rings is 1. The van der Waals surface area contributed by atoms with Crippen LogP contribution in [0.3, 0.4) is 0 Å². The lowest BCUT2D eigenvalue weighted by molar-refractivity contribution is 0.122. The van der Waals surface area contributed by atoms with Crippen molar-refractivity contribution in [3.63, 3.8) is 0 Å². The number of hydrogen-bond acceptors (Lipinski definition) is 6. The quantitative estimate of drug-likeness (QED) is 0.769. The van der Waals surface area contributed by atoms with E-state index in [4.69, 9.17) is 4.74 Å². The lowest BCUT2D eigenvalue weighted by Gasteiger charge is -2.26. The molecule has 8 nitrogen and oxygen atoms in total. The number of hydrogen-bond donors (Lipinski definition) is 1. The molecule has 1 aliphatic heterocycles. The number of anilines is 1. The zero-order chi connectivity index (χ0) is 17.7. The fourth-order valence-electron chi connectivity index (χ4n) is 3.37. The van der Waals surface area contributed by atoms with Crippen LogP contribution in [0.2, 0.25) is 0 Å². The fourth-order valence-corrected chi connectivity index (χ4v) is 3.37. The SMILES string of the molecule is Cc1cc(C2CC2)ncc1-n1cc2c(=O)[nH]c(N3CCOCC3)nc2n1. The molecule has 2 aliphatic rings. The molecule has 0 radical (unpaired) electrons. The molecule has 134 valence electrons. The second-order valence-corrected chi connectivity index (χ2v) is 6.97. The van der Waals surface area contributed by atoms with E-state index >= 15 is 0 Å². The predicted molar refractivity (Wildman–Crippen MR) is 97.0 cm³/mol. The summed E-state index contributed by atoms with van der Waals surface area (Å²) in [5, 5.41) is 5.02. The average molecular weight is 352 g/mol. The summed E-state index contributed by atoms with van der Waals surface area (Å²) in [5.41, 5.74) is 3.39. The van der Waals surface area contributed by atoms with Gasteiger partial charge in [0.05, 0.1) is 25.1 Å². The minimum Gasteiger partial charge on any atom is -0.378 e. The Morgan fingerprint density at radius 2 is 2.08 bits per heavy atom. The summed E-state index contributed by atoms with van der Waals surface area (Å²) in [6.07, 6.45) is 6.01. The molecule has 0 spiro atoms. The monoisotopic (exact) mass is 352 g/mol. The number of aromatic nitrogens is 5. The molecule has 0 bridgehead atoms. The third-order valence-corrected chi connectivity index (χ3v) is 5.03. The van der Waals surface area contributed by atoms with Crippen LogP contribution in [0, 0.1) is 6.92 Å². The van der Waals surface area contributed by atoms with Crippen LogP contribution in [0.4, 0.5) is 5.95 Å². The van der Waals surface area contributed by atoms with Crippen LogP contribution >= 0.6 is 0 Å². The van der Waals surface area contributed by atoms with Gasteiger partial charge in [-0.2, -0.15) is 4.98 Å². The highest BCUT2D eigenvalue weighted by atomic mass is 16.5. The van der Waals surface area contributed by atoms with Crippen molar-refractivity contribution in [2.75, 3.05) is 31.2 Å². The van der Waals surface area contributed by atoms with E-state index in [9.17, 15) is 4.79 Å². The van der Waals surface area contributed by atoms with Crippen molar-refractivity contribution in [2.45, 2.75) is 25.7 Å². The first-order valence-electron chi connectivity index (χ1n) is 8.98. The molecule has 2 fully saturated rings. The van der Waals surface area contributed by atoms with Gasteiger partial charge in [-0.3, -0.25) is 14.8 Å². The Bertz CT molecular complexity index is 1030. The first kappa shape index (κ1) is 15.5. The number of fused-ring (bicyclic) bond motifs is 1. The highest BCUT2D eigenvalue weighted by Gasteiger charge is 2.25. The average Bonchev–Trinajstić information content (AvgIpc) is 3.42. The van der Waals surface area contributed by atoms with Crippen molar-refractivity contribution in [3.8, 4) is 5.69 Å². The van der Waals surface area contributed by atoms with Crippen LogP contribution in [0.5, 0.6) is 0 Å². The number of aryl methyl sites for hydroxylation is 1. The van der Waals surface area contributed by atoms with Gasteiger partial charge in [0.25, 0.3) is 5.56 Å². The lowest BCUT2D eigenvalue weighted by Crippen LogP contribution is -2.38. The van der Waals surface area contributed by atoms with Gasteiger partial charge in [-0.1, -0.05) is 0 Å². The van der Waals surface area contributed by atoms with Gasteiger partial charge in [-0.05, 0) is 31.4 Å². The van der Waals surface area contributed by atoms with Gasteiger partial charge in [0.2, 0.25) is 5.95 Å². The number of ether oxygens (including phenoxy) is 1. The number of nitrogens with one attached hydrogen (secondary N) is 1. The summed E-state index contributed by atoms with van der Waals surface area (Å²) in [6.45, 7) is 4.73. The molecule has 1 aliphatic carbocycles. The van der Waals surface area contributed by atoms with Crippen molar-refractivity contribution >= 4 is 17.0 Å². The molecule has 0 unspecified atom stereocenters. The molecule has 1 saturated heterocycles. The molecule has 26 heavy (non-hydrogen) atoms. The van der Waals surface area contributed by atoms with Gasteiger partial charge in [-0.25, -0.2) is 4.68 Å². The van der Waals surface area contributed by atoms with E-state index in [1.54, 1.807) is 10.9 Å². The molecular formula is C18H20N6O2. The van der Waals surface area contributed by atoms with Crippen molar-refractivity contribution in [3.05, 3.63) is 40.1 Å². The topological polar surface area (TPSA) is 88.9 Å². The van der Waals surface area contributed by atoms with Gasteiger partial charge in [0.1, 0.15) is 5.39 Å². The third kappa shape index (κ3) is 2.66. The third-order valence-electron chi connectivity index (χ3n) is 5.03.